The van der Waals surface area contributed by atoms with E-state index in [9.17, 15) is 19.7 Å². The number of Topliss-reactive ketones (excluding diaryl/α,β-unsaturated/α-hetero) is 1. The zero-order chi connectivity index (χ0) is 20.7. The Morgan fingerprint density at radius 1 is 1.14 bits per heavy atom. The molecule has 0 unspecified atom stereocenters. The number of rotatable bonds is 9. The number of nitrogens with two attached hydrogens (primary N) is 2. The molecule has 1 aromatic heterocycles. The fraction of sp³-hybridized carbons (Fsp3) is 0.250. The molecule has 0 aliphatic carbocycles. The highest BCUT2D eigenvalue weighted by atomic mass is 35.5. The van der Waals surface area contributed by atoms with Crippen molar-refractivity contribution in [2.75, 3.05) is 41.8 Å². The summed E-state index contributed by atoms with van der Waals surface area (Å²) in [5.41, 5.74) is 11.4. The van der Waals surface area contributed by atoms with Crippen molar-refractivity contribution in [2.24, 2.45) is 0 Å². The Balaban J connectivity index is 0.00000420. The summed E-state index contributed by atoms with van der Waals surface area (Å²) in [5.74, 6) is -1.62. The molecule has 0 fully saturated rings. The first-order chi connectivity index (χ1) is 13.3. The van der Waals surface area contributed by atoms with Crippen LogP contribution in [-0.2, 0) is 9.53 Å². The van der Waals surface area contributed by atoms with Crippen LogP contribution in [0, 0.1) is 10.1 Å². The number of aromatic nitrogens is 2. The number of anilines is 4. The Morgan fingerprint density at radius 3 is 2.34 bits per heavy atom. The van der Waals surface area contributed by atoms with Gasteiger partial charge in [0.25, 0.3) is 0 Å². The predicted molar refractivity (Wildman–Crippen MR) is 109 cm³/mol. The molecule has 2 rings (SSSR count). The second-order valence-electron chi connectivity index (χ2n) is 5.46. The van der Waals surface area contributed by atoms with Gasteiger partial charge in [0.2, 0.25) is 17.6 Å². The first-order valence-corrected chi connectivity index (χ1v) is 8.15. The van der Waals surface area contributed by atoms with Crippen molar-refractivity contribution in [2.45, 2.75) is 6.92 Å². The van der Waals surface area contributed by atoms with Gasteiger partial charge in [0.1, 0.15) is 0 Å². The molecule has 0 spiro atoms. The first-order valence-electron chi connectivity index (χ1n) is 8.15. The molecule has 1 aromatic carbocycles. The van der Waals surface area contributed by atoms with Gasteiger partial charge in [-0.3, -0.25) is 14.9 Å². The zero-order valence-corrected chi connectivity index (χ0v) is 16.2. The van der Waals surface area contributed by atoms with Gasteiger partial charge in [-0.15, -0.1) is 12.4 Å². The molecular weight excluding hydrogens is 406 g/mol. The molecule has 0 aliphatic rings. The van der Waals surface area contributed by atoms with Gasteiger partial charge in [0, 0.05) is 5.69 Å². The molecule has 0 saturated heterocycles. The van der Waals surface area contributed by atoms with Gasteiger partial charge in [-0.2, -0.15) is 9.97 Å². The maximum absolute atomic E-state index is 12.0. The van der Waals surface area contributed by atoms with E-state index in [4.69, 9.17) is 16.2 Å². The van der Waals surface area contributed by atoms with Crippen molar-refractivity contribution in [1.82, 2.24) is 9.97 Å². The Hall–Kier alpha value is -3.67. The Bertz CT molecular complexity index is 892. The first kappa shape index (κ1) is 23.4. The van der Waals surface area contributed by atoms with E-state index in [2.05, 4.69) is 20.6 Å². The lowest BCUT2D eigenvalue weighted by Gasteiger charge is -2.09. The fourth-order valence-corrected chi connectivity index (χ4v) is 2.18. The number of halogens is 1. The van der Waals surface area contributed by atoms with Crippen molar-refractivity contribution in [3.63, 3.8) is 0 Å². The van der Waals surface area contributed by atoms with Gasteiger partial charge in [-0.25, -0.2) is 4.79 Å². The van der Waals surface area contributed by atoms with E-state index in [1.165, 1.54) is 0 Å². The molecule has 6 N–H and O–H groups in total. The molecule has 156 valence electrons. The highest BCUT2D eigenvalue weighted by Crippen LogP contribution is 2.27. The SMILES string of the molecule is CCOC(=O)c1ccc(NCC(=O)CNc2nc(N)nc(N)c2[N+](=O)[O-])cc1.Cl. The summed E-state index contributed by atoms with van der Waals surface area (Å²) >= 11 is 0. The van der Waals surface area contributed by atoms with Crippen LogP contribution >= 0.6 is 12.4 Å². The minimum atomic E-state index is -0.759. The summed E-state index contributed by atoms with van der Waals surface area (Å²) in [7, 11) is 0. The van der Waals surface area contributed by atoms with E-state index in [0.29, 0.717) is 11.3 Å². The lowest BCUT2D eigenvalue weighted by molar-refractivity contribution is -0.383. The number of benzene rings is 1. The van der Waals surface area contributed by atoms with Crippen LogP contribution in [0.2, 0.25) is 0 Å². The standard InChI is InChI=1S/C16H19N7O5.ClH/c1-2-28-15(25)9-3-5-10(6-4-9)19-7-11(24)8-20-14-12(23(26)27)13(17)21-16(18)22-14;/h3-6,19H,2,7-8H2,1H3,(H5,17,18,20,21,22);1H. The van der Waals surface area contributed by atoms with E-state index >= 15 is 0 Å². The van der Waals surface area contributed by atoms with Gasteiger partial charge >= 0.3 is 11.7 Å². The number of carbonyl (C=O) groups excluding carboxylic acids is 2. The number of esters is 1. The van der Waals surface area contributed by atoms with E-state index in [0.717, 1.165) is 0 Å². The lowest BCUT2D eigenvalue weighted by Crippen LogP contribution is -2.23. The highest BCUT2D eigenvalue weighted by Gasteiger charge is 2.22. The van der Waals surface area contributed by atoms with Crippen LogP contribution in [0.5, 0.6) is 0 Å². The van der Waals surface area contributed by atoms with Crippen molar-refractivity contribution in [3.8, 4) is 0 Å². The second kappa shape index (κ2) is 10.6. The maximum atomic E-state index is 12.0. The predicted octanol–water partition coefficient (Wildman–Crippen LogP) is 1.24. The van der Waals surface area contributed by atoms with Crippen LogP contribution in [0.1, 0.15) is 17.3 Å². The minimum absolute atomic E-state index is 0. The van der Waals surface area contributed by atoms with Crippen molar-refractivity contribution in [3.05, 3.63) is 39.9 Å². The summed E-state index contributed by atoms with van der Waals surface area (Å²) < 4.78 is 4.89. The molecule has 29 heavy (non-hydrogen) atoms. The fourth-order valence-electron chi connectivity index (χ4n) is 2.18. The van der Waals surface area contributed by atoms with Crippen molar-refractivity contribution < 1.29 is 19.2 Å². The summed E-state index contributed by atoms with van der Waals surface area (Å²) in [5, 5.41) is 16.5. The van der Waals surface area contributed by atoms with E-state index in [1.54, 1.807) is 31.2 Å². The third-order valence-corrected chi connectivity index (χ3v) is 3.45. The van der Waals surface area contributed by atoms with E-state index in [-0.39, 0.29) is 49.7 Å². The Morgan fingerprint density at radius 2 is 1.76 bits per heavy atom. The molecular formula is C16H20ClN7O5. The highest BCUT2D eigenvalue weighted by molar-refractivity contribution is 5.90. The summed E-state index contributed by atoms with van der Waals surface area (Å²) in [6.07, 6.45) is 0. The molecule has 1 heterocycles. The molecule has 0 atom stereocenters. The quantitative estimate of drug-likeness (QED) is 0.257. The topological polar surface area (TPSA) is 188 Å². The van der Waals surface area contributed by atoms with Gasteiger partial charge in [-0.05, 0) is 31.2 Å². The smallest absolute Gasteiger partial charge is 0.353 e. The molecule has 0 aliphatic heterocycles. The average molecular weight is 426 g/mol. The molecule has 13 heteroatoms. The number of nitrogens with one attached hydrogen (secondary N) is 2. The number of nitrogens with zero attached hydrogens (tertiary/aromatic N) is 3. The van der Waals surface area contributed by atoms with Crippen LogP contribution in [0.3, 0.4) is 0 Å². The Kier molecular flexibility index (Phi) is 8.55. The molecule has 0 radical (unpaired) electrons. The summed E-state index contributed by atoms with van der Waals surface area (Å²) in [6.45, 7) is 1.69. The molecule has 0 amide bonds. The lowest BCUT2D eigenvalue weighted by atomic mass is 10.2. The number of carbonyl (C=O) groups is 2. The third-order valence-electron chi connectivity index (χ3n) is 3.45. The van der Waals surface area contributed by atoms with Crippen LogP contribution in [0.25, 0.3) is 0 Å². The van der Waals surface area contributed by atoms with Gasteiger partial charge in [-0.1, -0.05) is 0 Å². The number of ketones is 1. The second-order valence-corrected chi connectivity index (χ2v) is 5.46. The number of hydrogen-bond donors (Lipinski definition) is 4. The summed E-state index contributed by atoms with van der Waals surface area (Å²) in [6, 6.07) is 6.39. The molecule has 0 saturated carbocycles. The van der Waals surface area contributed by atoms with Gasteiger partial charge < -0.3 is 26.8 Å². The Labute approximate surface area is 171 Å². The summed E-state index contributed by atoms with van der Waals surface area (Å²) in [4.78, 5) is 41.1. The van der Waals surface area contributed by atoms with Crippen molar-refractivity contribution >= 4 is 53.1 Å². The molecule has 2 aromatic rings. The van der Waals surface area contributed by atoms with Crippen LogP contribution in [-0.4, -0.2) is 46.3 Å². The monoisotopic (exact) mass is 425 g/mol. The molecule has 12 nitrogen and oxygen atoms in total. The number of nitro groups is 1. The van der Waals surface area contributed by atoms with Gasteiger partial charge in [0.15, 0.2) is 5.78 Å². The maximum Gasteiger partial charge on any atom is 0.353 e. The number of nitrogen functional groups attached to an aromatic ring is 2. The van der Waals surface area contributed by atoms with Crippen molar-refractivity contribution in [1.29, 1.82) is 0 Å². The van der Waals surface area contributed by atoms with Crippen LogP contribution in [0.15, 0.2) is 24.3 Å². The third kappa shape index (κ3) is 6.46. The van der Waals surface area contributed by atoms with Crippen LogP contribution < -0.4 is 22.1 Å². The van der Waals surface area contributed by atoms with Crippen LogP contribution in [0.4, 0.5) is 29.0 Å². The van der Waals surface area contributed by atoms with E-state index < -0.39 is 22.4 Å². The zero-order valence-electron chi connectivity index (χ0n) is 15.4. The largest absolute Gasteiger partial charge is 0.462 e. The van der Waals surface area contributed by atoms with Gasteiger partial charge in [0.05, 0.1) is 30.2 Å². The number of ether oxygens (including phenoxy) is 1. The number of hydrogen-bond acceptors (Lipinski definition) is 11. The minimum Gasteiger partial charge on any atom is -0.462 e. The van der Waals surface area contributed by atoms with E-state index in [1.807, 2.05) is 0 Å². The average Bonchev–Trinajstić information content (AvgIpc) is 2.64. The normalized spacial score (nSPS) is 9.83. The molecule has 0 bridgehead atoms.